The molecule has 1 aliphatic rings. The topological polar surface area (TPSA) is 98.5 Å². The Labute approximate surface area is 94.8 Å². The molecule has 3 N–H and O–H groups in total. The molecule has 1 aliphatic heterocycles. The Hall–Kier alpha value is -0.920. The Morgan fingerprint density at radius 3 is 2.81 bits per heavy atom. The first-order valence-electron chi connectivity index (χ1n) is 4.90. The van der Waals surface area contributed by atoms with E-state index in [1.165, 1.54) is 13.2 Å². The number of amides is 1. The molecule has 0 fully saturated rings. The fraction of sp³-hybridized carbons (Fsp3) is 0.667. The molecule has 0 aromatic rings. The number of carbonyl (C=O) groups excluding carboxylic acids is 1. The number of rotatable bonds is 5. The smallest absolute Gasteiger partial charge is 0.223 e. The van der Waals surface area contributed by atoms with Gasteiger partial charge in [0.15, 0.2) is 9.84 Å². The van der Waals surface area contributed by atoms with E-state index in [9.17, 15) is 13.2 Å². The molecule has 2 unspecified atom stereocenters. The zero-order valence-electron chi connectivity index (χ0n) is 9.05. The minimum atomic E-state index is -3.13. The maximum Gasteiger partial charge on any atom is 0.223 e. The molecule has 16 heavy (non-hydrogen) atoms. The van der Waals surface area contributed by atoms with Crippen LogP contribution in [0.25, 0.3) is 0 Å². The fourth-order valence-corrected chi connectivity index (χ4v) is 2.64. The molecule has 1 heterocycles. The van der Waals surface area contributed by atoms with Gasteiger partial charge >= 0.3 is 0 Å². The summed E-state index contributed by atoms with van der Waals surface area (Å²) in [5, 5.41) is 3.71. The molecule has 7 heteroatoms. The number of nitrogens with one attached hydrogen (secondary N) is 1. The van der Waals surface area contributed by atoms with Gasteiger partial charge in [-0.3, -0.25) is 4.79 Å². The SMILES string of the molecule is COC(CN)CC(=O)NC1C=CS(=O)(=O)C1. The quantitative estimate of drug-likeness (QED) is 0.635. The van der Waals surface area contributed by atoms with Gasteiger partial charge in [-0.15, -0.1) is 0 Å². The molecule has 0 radical (unpaired) electrons. The van der Waals surface area contributed by atoms with Crippen LogP contribution in [-0.4, -0.2) is 45.9 Å². The van der Waals surface area contributed by atoms with Gasteiger partial charge in [-0.05, 0) is 6.08 Å². The molecule has 6 nitrogen and oxygen atoms in total. The highest BCUT2D eigenvalue weighted by molar-refractivity contribution is 7.94. The molecule has 0 bridgehead atoms. The first-order valence-corrected chi connectivity index (χ1v) is 6.61. The van der Waals surface area contributed by atoms with E-state index >= 15 is 0 Å². The van der Waals surface area contributed by atoms with E-state index in [1.807, 2.05) is 0 Å². The largest absolute Gasteiger partial charge is 0.380 e. The van der Waals surface area contributed by atoms with Crippen molar-refractivity contribution in [1.29, 1.82) is 0 Å². The molecule has 0 saturated heterocycles. The summed E-state index contributed by atoms with van der Waals surface area (Å²) in [5.41, 5.74) is 5.37. The van der Waals surface area contributed by atoms with Crippen molar-refractivity contribution in [1.82, 2.24) is 5.32 Å². The van der Waals surface area contributed by atoms with E-state index in [2.05, 4.69) is 5.32 Å². The van der Waals surface area contributed by atoms with Crippen molar-refractivity contribution in [3.05, 3.63) is 11.5 Å². The van der Waals surface area contributed by atoms with Crippen LogP contribution in [0.1, 0.15) is 6.42 Å². The van der Waals surface area contributed by atoms with Crippen molar-refractivity contribution in [2.24, 2.45) is 5.73 Å². The molecule has 0 aromatic heterocycles. The van der Waals surface area contributed by atoms with Gasteiger partial charge in [-0.25, -0.2) is 8.42 Å². The Morgan fingerprint density at radius 2 is 2.38 bits per heavy atom. The van der Waals surface area contributed by atoms with Crippen LogP contribution < -0.4 is 11.1 Å². The molecule has 0 aliphatic carbocycles. The number of hydrogen-bond acceptors (Lipinski definition) is 5. The molecule has 0 aromatic carbocycles. The first kappa shape index (κ1) is 13.1. The molecule has 0 spiro atoms. The van der Waals surface area contributed by atoms with Crippen LogP contribution in [0.3, 0.4) is 0 Å². The van der Waals surface area contributed by atoms with Crippen molar-refractivity contribution in [2.45, 2.75) is 18.6 Å². The molecule has 2 atom stereocenters. The van der Waals surface area contributed by atoms with Gasteiger partial charge < -0.3 is 15.8 Å². The zero-order chi connectivity index (χ0) is 12.2. The maximum absolute atomic E-state index is 11.5. The summed E-state index contributed by atoms with van der Waals surface area (Å²) in [5.74, 6) is -0.331. The summed E-state index contributed by atoms with van der Waals surface area (Å²) in [6.45, 7) is 0.253. The molecule has 1 rings (SSSR count). The summed E-state index contributed by atoms with van der Waals surface area (Å²) in [4.78, 5) is 11.5. The molecule has 92 valence electrons. The van der Waals surface area contributed by atoms with Gasteiger partial charge in [0.05, 0.1) is 24.3 Å². The Morgan fingerprint density at radius 1 is 1.69 bits per heavy atom. The summed E-state index contributed by atoms with van der Waals surface area (Å²) >= 11 is 0. The van der Waals surface area contributed by atoms with Gasteiger partial charge in [0, 0.05) is 19.1 Å². The minimum absolute atomic E-state index is 0.0704. The number of carbonyl (C=O) groups is 1. The van der Waals surface area contributed by atoms with Crippen molar-refractivity contribution < 1.29 is 17.9 Å². The minimum Gasteiger partial charge on any atom is -0.380 e. The second-order valence-corrected chi connectivity index (χ2v) is 5.56. The van der Waals surface area contributed by atoms with E-state index in [4.69, 9.17) is 10.5 Å². The van der Waals surface area contributed by atoms with E-state index in [0.29, 0.717) is 0 Å². The number of methoxy groups -OCH3 is 1. The highest BCUT2D eigenvalue weighted by Gasteiger charge is 2.23. The summed E-state index contributed by atoms with van der Waals surface area (Å²) in [7, 11) is -1.65. The average molecular weight is 248 g/mol. The van der Waals surface area contributed by atoms with Crippen LogP contribution in [0.5, 0.6) is 0 Å². The number of nitrogens with two attached hydrogens (primary N) is 1. The van der Waals surface area contributed by atoms with E-state index in [1.54, 1.807) is 0 Å². The third-order valence-electron chi connectivity index (χ3n) is 2.29. The molecule has 0 saturated carbocycles. The fourth-order valence-electron chi connectivity index (χ4n) is 1.40. The highest BCUT2D eigenvalue weighted by atomic mass is 32.2. The van der Waals surface area contributed by atoms with Gasteiger partial charge in [0.1, 0.15) is 0 Å². The van der Waals surface area contributed by atoms with E-state index in [0.717, 1.165) is 5.41 Å². The van der Waals surface area contributed by atoms with Crippen LogP contribution in [-0.2, 0) is 19.4 Å². The Bertz CT molecular complexity index is 373. The summed E-state index contributed by atoms with van der Waals surface area (Å²) < 4.78 is 27.1. The third-order valence-corrected chi connectivity index (χ3v) is 3.68. The van der Waals surface area contributed by atoms with Crippen LogP contribution in [0.15, 0.2) is 11.5 Å². The zero-order valence-corrected chi connectivity index (χ0v) is 9.87. The molecule has 1 amide bonds. The predicted molar refractivity (Wildman–Crippen MR) is 59.3 cm³/mol. The van der Waals surface area contributed by atoms with Crippen molar-refractivity contribution >= 4 is 15.7 Å². The lowest BCUT2D eigenvalue weighted by Crippen LogP contribution is -2.38. The summed E-state index contributed by atoms with van der Waals surface area (Å²) in [6, 6.07) is -0.437. The number of hydrogen-bond donors (Lipinski definition) is 2. The standard InChI is InChI=1S/C9H16N2O4S/c1-15-8(5-10)4-9(12)11-7-2-3-16(13,14)6-7/h2-3,7-8H,4-6,10H2,1H3,(H,11,12). The van der Waals surface area contributed by atoms with Gasteiger partial charge in [-0.1, -0.05) is 0 Å². The highest BCUT2D eigenvalue weighted by Crippen LogP contribution is 2.08. The van der Waals surface area contributed by atoms with Crippen LogP contribution >= 0.6 is 0 Å². The Kier molecular flexibility index (Phi) is 4.45. The van der Waals surface area contributed by atoms with Crippen molar-refractivity contribution in [3.8, 4) is 0 Å². The second-order valence-electron chi connectivity index (χ2n) is 3.63. The van der Waals surface area contributed by atoms with Gasteiger partial charge in [0.25, 0.3) is 0 Å². The van der Waals surface area contributed by atoms with Gasteiger partial charge in [0.2, 0.25) is 5.91 Å². The lowest BCUT2D eigenvalue weighted by atomic mass is 10.2. The predicted octanol–water partition coefficient (Wildman–Crippen LogP) is -1.22. The normalized spacial score (nSPS) is 24.2. The Balaban J connectivity index is 2.39. The average Bonchev–Trinajstić information content (AvgIpc) is 2.54. The lowest BCUT2D eigenvalue weighted by Gasteiger charge is -2.14. The van der Waals surface area contributed by atoms with Crippen LogP contribution in [0.4, 0.5) is 0 Å². The lowest BCUT2D eigenvalue weighted by molar-refractivity contribution is -0.123. The van der Waals surface area contributed by atoms with E-state index in [-0.39, 0.29) is 30.7 Å². The van der Waals surface area contributed by atoms with Crippen LogP contribution in [0, 0.1) is 0 Å². The number of ether oxygens (including phenoxy) is 1. The van der Waals surface area contributed by atoms with Crippen molar-refractivity contribution in [2.75, 3.05) is 19.4 Å². The second kappa shape index (κ2) is 5.42. The third kappa shape index (κ3) is 3.92. The van der Waals surface area contributed by atoms with Crippen molar-refractivity contribution in [3.63, 3.8) is 0 Å². The monoisotopic (exact) mass is 248 g/mol. The molecular weight excluding hydrogens is 232 g/mol. The first-order chi connectivity index (χ1) is 7.46. The van der Waals surface area contributed by atoms with Crippen LogP contribution in [0.2, 0.25) is 0 Å². The molecular formula is C9H16N2O4S. The van der Waals surface area contributed by atoms with Gasteiger partial charge in [-0.2, -0.15) is 0 Å². The number of sulfone groups is 1. The van der Waals surface area contributed by atoms with E-state index < -0.39 is 15.9 Å². The maximum atomic E-state index is 11.5. The summed E-state index contributed by atoms with van der Waals surface area (Å²) in [6.07, 6.45) is 1.27.